The van der Waals surface area contributed by atoms with E-state index in [0.717, 1.165) is 22.3 Å². The van der Waals surface area contributed by atoms with Crippen LogP contribution in [0.3, 0.4) is 0 Å². The molecule has 0 fully saturated rings. The summed E-state index contributed by atoms with van der Waals surface area (Å²) in [6.07, 6.45) is -4.19. The predicted molar refractivity (Wildman–Crippen MR) is 132 cm³/mol. The van der Waals surface area contributed by atoms with Gasteiger partial charge in [0.2, 0.25) is 0 Å². The van der Waals surface area contributed by atoms with Crippen LogP contribution in [0.15, 0.2) is 69.2 Å². The molecule has 3 aromatic rings. The number of aromatic nitrogens is 2. The van der Waals surface area contributed by atoms with Crippen molar-refractivity contribution in [3.05, 3.63) is 86.6 Å². The molecule has 1 atom stereocenters. The number of hydrogen-bond donors (Lipinski definition) is 1. The van der Waals surface area contributed by atoms with Crippen LogP contribution in [0.2, 0.25) is 0 Å². The largest absolute Gasteiger partial charge is 0.573 e. The van der Waals surface area contributed by atoms with Crippen molar-refractivity contribution in [1.82, 2.24) is 9.13 Å². The second kappa shape index (κ2) is 11.5. The number of nitrogens with zero attached hydrogens (tertiary/aromatic N) is 3. The number of halogens is 3. The zero-order valence-electron chi connectivity index (χ0n) is 20.5. The fourth-order valence-corrected chi connectivity index (χ4v) is 4.19. The van der Waals surface area contributed by atoms with Gasteiger partial charge >= 0.3 is 12.1 Å². The molecule has 0 amide bonds. The van der Waals surface area contributed by atoms with E-state index in [1.54, 1.807) is 0 Å². The average molecular weight is 534 g/mol. The van der Waals surface area contributed by atoms with Crippen molar-refractivity contribution in [2.24, 2.45) is 12.0 Å². The Balaban J connectivity index is 1.53. The summed E-state index contributed by atoms with van der Waals surface area (Å²) in [5.74, 6) is -0.395. The molecule has 0 spiro atoms. The molecule has 1 aliphatic rings. The number of aliphatic hydroxyl groups is 1. The normalized spacial score (nSPS) is 14.7. The first-order valence-electron chi connectivity index (χ1n) is 11.9. The quantitative estimate of drug-likeness (QED) is 0.401. The fraction of sp³-hybridized carbons (Fsp3) is 0.346. The molecule has 1 aromatic heterocycles. The van der Waals surface area contributed by atoms with E-state index in [2.05, 4.69) is 9.73 Å². The Bertz CT molecular complexity index is 1420. The summed E-state index contributed by atoms with van der Waals surface area (Å²) in [5.41, 5.74) is 0.212. The van der Waals surface area contributed by atoms with Crippen LogP contribution in [-0.2, 0) is 24.8 Å². The monoisotopic (exact) mass is 533 g/mol. The molecule has 2 aromatic carbocycles. The molecular weight excluding hydrogens is 507 g/mol. The molecule has 1 N–H and O–H groups in total. The zero-order valence-corrected chi connectivity index (χ0v) is 20.5. The summed E-state index contributed by atoms with van der Waals surface area (Å²) in [6, 6.07) is 14.5. The number of hydrogen-bond acceptors (Lipinski definition) is 7. The standard InChI is InChI=1S/C26H26F3N3O6/c1-31-22-21(24(34)32(25(31)35)11-6-12-33)20(15-17-7-3-2-4-8-17)23(30-22)37-14-13-36-18-9-5-10-19(16-18)38-26(27,28)29/h2-5,7-10,16,20,33H,6,11-15H2,1H3. The minimum Gasteiger partial charge on any atom is -0.490 e. The molecule has 12 heteroatoms. The Morgan fingerprint density at radius 2 is 1.71 bits per heavy atom. The highest BCUT2D eigenvalue weighted by Crippen LogP contribution is 2.34. The lowest BCUT2D eigenvalue weighted by atomic mass is 9.94. The smallest absolute Gasteiger partial charge is 0.490 e. The van der Waals surface area contributed by atoms with Gasteiger partial charge in [-0.2, -0.15) is 4.99 Å². The van der Waals surface area contributed by atoms with E-state index in [1.807, 2.05) is 30.3 Å². The molecule has 0 aliphatic carbocycles. The second-order valence-corrected chi connectivity index (χ2v) is 8.52. The van der Waals surface area contributed by atoms with Crippen LogP contribution in [-0.4, -0.2) is 46.3 Å². The first kappa shape index (κ1) is 27.0. The lowest BCUT2D eigenvalue weighted by Crippen LogP contribution is -2.41. The van der Waals surface area contributed by atoms with E-state index in [0.29, 0.717) is 12.0 Å². The van der Waals surface area contributed by atoms with Gasteiger partial charge in [0.1, 0.15) is 30.5 Å². The number of benzene rings is 2. The minimum atomic E-state index is -4.82. The van der Waals surface area contributed by atoms with Gasteiger partial charge in [-0.05, 0) is 30.5 Å². The van der Waals surface area contributed by atoms with Crippen LogP contribution >= 0.6 is 0 Å². The third kappa shape index (κ3) is 6.25. The van der Waals surface area contributed by atoms with Crippen molar-refractivity contribution in [2.45, 2.75) is 31.7 Å². The third-order valence-electron chi connectivity index (χ3n) is 5.88. The molecule has 4 rings (SSSR count). The number of fused-ring (bicyclic) bond motifs is 1. The van der Waals surface area contributed by atoms with Gasteiger partial charge in [-0.15, -0.1) is 13.2 Å². The van der Waals surface area contributed by atoms with E-state index in [1.165, 1.54) is 23.7 Å². The first-order valence-corrected chi connectivity index (χ1v) is 11.9. The van der Waals surface area contributed by atoms with Gasteiger partial charge in [-0.1, -0.05) is 36.4 Å². The van der Waals surface area contributed by atoms with Crippen LogP contribution in [0.4, 0.5) is 19.0 Å². The Hall–Kier alpha value is -4.06. The maximum Gasteiger partial charge on any atom is 0.573 e. The van der Waals surface area contributed by atoms with Crippen molar-refractivity contribution < 1.29 is 32.5 Å². The molecule has 1 aliphatic heterocycles. The van der Waals surface area contributed by atoms with E-state index in [-0.39, 0.29) is 50.3 Å². The van der Waals surface area contributed by atoms with E-state index in [9.17, 15) is 27.9 Å². The van der Waals surface area contributed by atoms with Crippen molar-refractivity contribution in [3.8, 4) is 11.5 Å². The third-order valence-corrected chi connectivity index (χ3v) is 5.88. The minimum absolute atomic E-state index is 0.0187. The van der Waals surface area contributed by atoms with Crippen LogP contribution in [0.25, 0.3) is 0 Å². The molecule has 0 saturated carbocycles. The van der Waals surface area contributed by atoms with Crippen LogP contribution in [0.5, 0.6) is 11.5 Å². The molecule has 2 heterocycles. The predicted octanol–water partition coefficient (Wildman–Crippen LogP) is 3.29. The summed E-state index contributed by atoms with van der Waals surface area (Å²) in [4.78, 5) is 30.6. The van der Waals surface area contributed by atoms with Gasteiger partial charge in [0, 0.05) is 26.3 Å². The van der Waals surface area contributed by atoms with Crippen molar-refractivity contribution in [3.63, 3.8) is 0 Å². The van der Waals surface area contributed by atoms with Crippen molar-refractivity contribution in [1.29, 1.82) is 0 Å². The molecule has 1 unspecified atom stereocenters. The average Bonchev–Trinajstić information content (AvgIpc) is 3.23. The maximum absolute atomic E-state index is 13.4. The number of alkyl halides is 3. The lowest BCUT2D eigenvalue weighted by molar-refractivity contribution is -0.274. The number of rotatable bonds is 10. The fourth-order valence-electron chi connectivity index (χ4n) is 4.19. The van der Waals surface area contributed by atoms with Gasteiger partial charge in [-0.3, -0.25) is 13.9 Å². The molecule has 9 nitrogen and oxygen atoms in total. The van der Waals surface area contributed by atoms with E-state index >= 15 is 0 Å². The van der Waals surface area contributed by atoms with Gasteiger partial charge < -0.3 is 19.3 Å². The number of ether oxygens (including phenoxy) is 3. The number of aliphatic imine (C=N–C) groups is 1. The molecule has 0 radical (unpaired) electrons. The Labute approximate surface area is 215 Å². The summed E-state index contributed by atoms with van der Waals surface area (Å²) in [6.45, 7) is -0.150. The summed E-state index contributed by atoms with van der Waals surface area (Å²) >= 11 is 0. The van der Waals surface area contributed by atoms with Gasteiger partial charge in [-0.25, -0.2) is 4.79 Å². The van der Waals surface area contributed by atoms with Gasteiger partial charge in [0.15, 0.2) is 5.90 Å². The molecule has 0 bridgehead atoms. The van der Waals surface area contributed by atoms with Crippen molar-refractivity contribution >= 4 is 11.7 Å². The second-order valence-electron chi connectivity index (χ2n) is 8.52. The van der Waals surface area contributed by atoms with E-state index in [4.69, 9.17) is 9.47 Å². The topological polar surface area (TPSA) is 104 Å². The van der Waals surface area contributed by atoms with E-state index < -0.39 is 29.3 Å². The Morgan fingerprint density at radius 3 is 2.42 bits per heavy atom. The van der Waals surface area contributed by atoms with Crippen LogP contribution in [0, 0.1) is 0 Å². The molecule has 0 saturated heterocycles. The van der Waals surface area contributed by atoms with Crippen LogP contribution in [0.1, 0.15) is 23.5 Å². The van der Waals surface area contributed by atoms with Crippen molar-refractivity contribution in [2.75, 3.05) is 19.8 Å². The Morgan fingerprint density at radius 1 is 1.00 bits per heavy atom. The molecule has 202 valence electrons. The van der Waals surface area contributed by atoms with Crippen LogP contribution < -0.4 is 20.7 Å². The molecule has 38 heavy (non-hydrogen) atoms. The molecular formula is C26H26F3N3O6. The zero-order chi connectivity index (χ0) is 27.3. The summed E-state index contributed by atoms with van der Waals surface area (Å²) in [7, 11) is 1.52. The summed E-state index contributed by atoms with van der Waals surface area (Å²) < 4.78 is 55.1. The first-order chi connectivity index (χ1) is 18.2. The highest BCUT2D eigenvalue weighted by atomic mass is 19.4. The van der Waals surface area contributed by atoms with Gasteiger partial charge in [0.05, 0.1) is 11.5 Å². The van der Waals surface area contributed by atoms with Gasteiger partial charge in [0.25, 0.3) is 5.56 Å². The Kier molecular flexibility index (Phi) is 8.20. The highest BCUT2D eigenvalue weighted by molar-refractivity contribution is 5.91. The lowest BCUT2D eigenvalue weighted by Gasteiger charge is -2.17. The SMILES string of the molecule is Cn1c2c(c(=O)n(CCCO)c1=O)C(Cc1ccccc1)C(OCCOc1cccc(OC(F)(F)F)c1)=N2. The maximum atomic E-state index is 13.4. The number of aliphatic hydroxyl groups excluding tert-OH is 1. The highest BCUT2D eigenvalue weighted by Gasteiger charge is 2.35. The summed E-state index contributed by atoms with van der Waals surface area (Å²) in [5, 5.41) is 9.19.